The summed E-state index contributed by atoms with van der Waals surface area (Å²) in [6.45, 7) is 4.31. The monoisotopic (exact) mass is 367 g/mol. The van der Waals surface area contributed by atoms with Gasteiger partial charge in [-0.15, -0.1) is 0 Å². The lowest BCUT2D eigenvalue weighted by molar-refractivity contribution is -0.149. The van der Waals surface area contributed by atoms with Gasteiger partial charge in [-0.05, 0) is 49.7 Å². The Labute approximate surface area is 153 Å². The van der Waals surface area contributed by atoms with Crippen LogP contribution >= 0.6 is 11.6 Å². The molecule has 138 valence electrons. The molecule has 1 saturated carbocycles. The van der Waals surface area contributed by atoms with E-state index >= 15 is 0 Å². The van der Waals surface area contributed by atoms with Crippen LogP contribution in [0.15, 0.2) is 18.2 Å². The Morgan fingerprint density at radius 3 is 2.52 bits per heavy atom. The van der Waals surface area contributed by atoms with Gasteiger partial charge < -0.3 is 15.2 Å². The van der Waals surface area contributed by atoms with Crippen molar-refractivity contribution in [2.45, 2.75) is 51.5 Å². The van der Waals surface area contributed by atoms with Gasteiger partial charge in [0.25, 0.3) is 0 Å². The Bertz CT molecular complexity index is 636. The Kier molecular flexibility index (Phi) is 6.33. The normalized spacial score (nSPS) is 23.3. The highest BCUT2D eigenvalue weighted by Crippen LogP contribution is 2.36. The lowest BCUT2D eigenvalue weighted by Gasteiger charge is -2.38. The molecule has 1 aromatic carbocycles. The number of amides is 1. The summed E-state index contributed by atoms with van der Waals surface area (Å²) in [6.07, 6.45) is 2.62. The average Bonchev–Trinajstić information content (AvgIpc) is 2.56. The number of methoxy groups -OCH3 is 1. The molecule has 0 aromatic heterocycles. The van der Waals surface area contributed by atoms with Gasteiger partial charge in [-0.1, -0.05) is 31.5 Å². The van der Waals surface area contributed by atoms with Gasteiger partial charge in [0.15, 0.2) is 0 Å². The van der Waals surface area contributed by atoms with Crippen molar-refractivity contribution in [3.8, 4) is 5.75 Å². The van der Waals surface area contributed by atoms with E-state index in [-0.39, 0.29) is 12.3 Å². The Balaban J connectivity index is 2.08. The van der Waals surface area contributed by atoms with E-state index in [4.69, 9.17) is 16.3 Å². The van der Waals surface area contributed by atoms with Crippen molar-refractivity contribution in [3.63, 3.8) is 0 Å². The van der Waals surface area contributed by atoms with Crippen molar-refractivity contribution in [2.75, 3.05) is 7.11 Å². The van der Waals surface area contributed by atoms with Crippen LogP contribution in [0, 0.1) is 11.8 Å². The summed E-state index contributed by atoms with van der Waals surface area (Å²) in [6, 6.07) is 5.06. The molecule has 1 aliphatic carbocycles. The quantitative estimate of drug-likeness (QED) is 0.804. The summed E-state index contributed by atoms with van der Waals surface area (Å²) < 4.78 is 5.25. The fraction of sp³-hybridized carbons (Fsp3) is 0.579. The lowest BCUT2D eigenvalue weighted by Crippen LogP contribution is -2.57. The fourth-order valence-corrected chi connectivity index (χ4v) is 3.70. The molecule has 25 heavy (non-hydrogen) atoms. The number of carbonyl (C=O) groups is 2. The minimum absolute atomic E-state index is 0.0585. The zero-order valence-electron chi connectivity index (χ0n) is 15.0. The first-order chi connectivity index (χ1) is 11.8. The molecular formula is C19H26ClNO4. The molecule has 5 nitrogen and oxygen atoms in total. The first-order valence-corrected chi connectivity index (χ1v) is 9.02. The van der Waals surface area contributed by atoms with Gasteiger partial charge in [0.2, 0.25) is 5.91 Å². The summed E-state index contributed by atoms with van der Waals surface area (Å²) in [5, 5.41) is 13.0. The number of benzene rings is 1. The molecule has 0 heterocycles. The Hall–Kier alpha value is -1.75. The van der Waals surface area contributed by atoms with Crippen LogP contribution in [0.4, 0.5) is 0 Å². The third-order valence-electron chi connectivity index (χ3n) is 5.21. The standard InChI is InChI=1S/C19H26ClNO4/c1-12(2)13-6-8-19(9-7-13,18(23)24)21-17(22)10-14-4-5-15(20)11-16(14)25-3/h4-5,11-13H,6-10H2,1-3H3,(H,21,22)(H,23,24). The first kappa shape index (κ1) is 19.6. The van der Waals surface area contributed by atoms with E-state index in [1.54, 1.807) is 18.2 Å². The molecule has 1 amide bonds. The summed E-state index contributed by atoms with van der Waals surface area (Å²) in [7, 11) is 1.51. The number of ether oxygens (including phenoxy) is 1. The average molecular weight is 368 g/mol. The molecule has 0 radical (unpaired) electrons. The highest BCUT2D eigenvalue weighted by molar-refractivity contribution is 6.30. The van der Waals surface area contributed by atoms with E-state index in [1.165, 1.54) is 7.11 Å². The van der Waals surface area contributed by atoms with Crippen molar-refractivity contribution in [2.24, 2.45) is 11.8 Å². The molecule has 1 aliphatic rings. The predicted octanol–water partition coefficient (Wildman–Crippen LogP) is 3.68. The van der Waals surface area contributed by atoms with Crippen molar-refractivity contribution >= 4 is 23.5 Å². The second kappa shape index (κ2) is 8.09. The molecule has 0 unspecified atom stereocenters. The highest BCUT2D eigenvalue weighted by atomic mass is 35.5. The van der Waals surface area contributed by atoms with Crippen LogP contribution in [0.1, 0.15) is 45.1 Å². The Morgan fingerprint density at radius 2 is 2.00 bits per heavy atom. The maximum Gasteiger partial charge on any atom is 0.329 e. The second-order valence-corrected chi connectivity index (χ2v) is 7.59. The zero-order valence-corrected chi connectivity index (χ0v) is 15.7. The second-order valence-electron chi connectivity index (χ2n) is 7.15. The number of hydrogen-bond acceptors (Lipinski definition) is 3. The van der Waals surface area contributed by atoms with Gasteiger partial charge in [0, 0.05) is 10.6 Å². The lowest BCUT2D eigenvalue weighted by atomic mass is 9.72. The summed E-state index contributed by atoms with van der Waals surface area (Å²) >= 11 is 5.93. The number of carboxylic acid groups (broad SMARTS) is 1. The van der Waals surface area contributed by atoms with E-state index < -0.39 is 11.5 Å². The van der Waals surface area contributed by atoms with E-state index in [0.29, 0.717) is 41.0 Å². The molecule has 1 fully saturated rings. The van der Waals surface area contributed by atoms with Crippen molar-refractivity contribution in [1.82, 2.24) is 5.32 Å². The predicted molar refractivity (Wildman–Crippen MR) is 97.0 cm³/mol. The molecule has 1 aromatic rings. The van der Waals surface area contributed by atoms with Crippen molar-refractivity contribution < 1.29 is 19.4 Å². The third kappa shape index (κ3) is 4.66. The zero-order chi connectivity index (χ0) is 18.6. The van der Waals surface area contributed by atoms with Gasteiger partial charge >= 0.3 is 5.97 Å². The molecule has 2 N–H and O–H groups in total. The molecule has 0 bridgehead atoms. The number of halogens is 1. The number of nitrogens with one attached hydrogen (secondary N) is 1. The van der Waals surface area contributed by atoms with E-state index in [2.05, 4.69) is 19.2 Å². The summed E-state index contributed by atoms with van der Waals surface area (Å²) in [5.74, 6) is 0.300. The SMILES string of the molecule is COc1cc(Cl)ccc1CC(=O)NC1(C(=O)O)CCC(C(C)C)CC1. The molecule has 2 rings (SSSR count). The van der Waals surface area contributed by atoms with Crippen LogP contribution in [0.3, 0.4) is 0 Å². The van der Waals surface area contributed by atoms with E-state index in [9.17, 15) is 14.7 Å². The maximum absolute atomic E-state index is 12.5. The highest BCUT2D eigenvalue weighted by Gasteiger charge is 2.43. The molecular weight excluding hydrogens is 342 g/mol. The molecule has 0 atom stereocenters. The molecule has 6 heteroatoms. The fourth-order valence-electron chi connectivity index (χ4n) is 3.54. The molecule has 0 spiro atoms. The number of rotatable bonds is 6. The number of hydrogen-bond donors (Lipinski definition) is 2. The minimum atomic E-state index is -1.16. The van der Waals surface area contributed by atoms with Crippen LogP contribution in [-0.2, 0) is 16.0 Å². The number of aliphatic carboxylic acids is 1. The van der Waals surface area contributed by atoms with Crippen LogP contribution in [0.2, 0.25) is 5.02 Å². The maximum atomic E-state index is 12.5. The van der Waals surface area contributed by atoms with Gasteiger partial charge in [0.1, 0.15) is 11.3 Å². The summed E-state index contributed by atoms with van der Waals surface area (Å²) in [5.41, 5.74) is -0.483. The molecule has 0 saturated heterocycles. The topological polar surface area (TPSA) is 75.6 Å². The molecule has 0 aliphatic heterocycles. The van der Waals surface area contributed by atoms with Crippen molar-refractivity contribution in [3.05, 3.63) is 28.8 Å². The van der Waals surface area contributed by atoms with E-state index in [1.807, 2.05) is 0 Å². The number of carboxylic acids is 1. The van der Waals surface area contributed by atoms with Crippen LogP contribution in [0.5, 0.6) is 5.75 Å². The third-order valence-corrected chi connectivity index (χ3v) is 5.45. The van der Waals surface area contributed by atoms with Crippen LogP contribution in [-0.4, -0.2) is 29.6 Å². The van der Waals surface area contributed by atoms with Gasteiger partial charge in [-0.3, -0.25) is 4.79 Å². The largest absolute Gasteiger partial charge is 0.496 e. The van der Waals surface area contributed by atoms with Crippen LogP contribution < -0.4 is 10.1 Å². The van der Waals surface area contributed by atoms with Gasteiger partial charge in [-0.2, -0.15) is 0 Å². The Morgan fingerprint density at radius 1 is 1.36 bits per heavy atom. The van der Waals surface area contributed by atoms with Crippen LogP contribution in [0.25, 0.3) is 0 Å². The van der Waals surface area contributed by atoms with Gasteiger partial charge in [0.05, 0.1) is 13.5 Å². The smallest absolute Gasteiger partial charge is 0.329 e. The van der Waals surface area contributed by atoms with Crippen molar-refractivity contribution in [1.29, 1.82) is 0 Å². The summed E-state index contributed by atoms with van der Waals surface area (Å²) in [4.78, 5) is 24.3. The first-order valence-electron chi connectivity index (χ1n) is 8.64. The minimum Gasteiger partial charge on any atom is -0.496 e. The number of carbonyl (C=O) groups excluding carboxylic acids is 1. The van der Waals surface area contributed by atoms with Gasteiger partial charge in [-0.25, -0.2) is 4.79 Å². The van der Waals surface area contributed by atoms with E-state index in [0.717, 1.165) is 12.8 Å².